The first kappa shape index (κ1) is 20.7. The number of hydrogen-bond donors (Lipinski definition) is 1. The summed E-state index contributed by atoms with van der Waals surface area (Å²) in [6, 6.07) is 0. The normalized spacial score (nSPS) is 38.1. The molecule has 1 nitrogen and oxygen atoms in total. The summed E-state index contributed by atoms with van der Waals surface area (Å²) in [5.74, 6) is 4.93. The molecule has 152 valence electrons. The minimum atomic E-state index is 0.0210. The molecule has 0 amide bonds. The maximum atomic E-state index is 10.0. The van der Waals surface area contributed by atoms with Gasteiger partial charge < -0.3 is 5.11 Å². The number of aliphatic hydroxyl groups excluding tert-OH is 1. The second-order valence-corrected chi connectivity index (χ2v) is 10.2. The molecule has 3 aliphatic carbocycles. The van der Waals surface area contributed by atoms with Crippen LogP contribution in [-0.4, -0.2) is 11.2 Å². The van der Waals surface area contributed by atoms with Crippen molar-refractivity contribution in [1.82, 2.24) is 0 Å². The van der Waals surface area contributed by atoms with Crippen LogP contribution in [0.3, 0.4) is 0 Å². The minimum absolute atomic E-state index is 0.0210. The minimum Gasteiger partial charge on any atom is -0.393 e. The van der Waals surface area contributed by atoms with Gasteiger partial charge in [0, 0.05) is 0 Å². The molecule has 4 atom stereocenters. The van der Waals surface area contributed by atoms with E-state index in [1.807, 2.05) is 0 Å². The lowest BCUT2D eigenvalue weighted by Gasteiger charge is -2.47. The van der Waals surface area contributed by atoms with Crippen LogP contribution >= 0.6 is 0 Å². The summed E-state index contributed by atoms with van der Waals surface area (Å²) in [5, 5.41) is 10.0. The molecule has 1 heteroatoms. The Morgan fingerprint density at radius 1 is 0.654 bits per heavy atom. The lowest BCUT2D eigenvalue weighted by Crippen LogP contribution is -2.39. The lowest BCUT2D eigenvalue weighted by molar-refractivity contribution is -0.00583. The van der Waals surface area contributed by atoms with E-state index in [9.17, 15) is 5.11 Å². The highest BCUT2D eigenvalue weighted by Crippen LogP contribution is 2.50. The van der Waals surface area contributed by atoms with Gasteiger partial charge in [0.25, 0.3) is 0 Å². The summed E-state index contributed by atoms with van der Waals surface area (Å²) in [5.41, 5.74) is 0. The molecule has 3 aliphatic rings. The lowest BCUT2D eigenvalue weighted by atomic mass is 9.59. The Bertz CT molecular complexity index is 370. The fourth-order valence-corrected chi connectivity index (χ4v) is 6.87. The van der Waals surface area contributed by atoms with Crippen molar-refractivity contribution in [3.8, 4) is 0 Å². The molecule has 3 rings (SSSR count). The van der Waals surface area contributed by atoms with Crippen molar-refractivity contribution in [3.05, 3.63) is 0 Å². The van der Waals surface area contributed by atoms with Crippen LogP contribution in [0, 0.1) is 29.6 Å². The first-order valence-electron chi connectivity index (χ1n) is 12.5. The third kappa shape index (κ3) is 5.98. The van der Waals surface area contributed by atoms with Gasteiger partial charge in [0.05, 0.1) is 6.10 Å². The summed E-state index contributed by atoms with van der Waals surface area (Å²) in [4.78, 5) is 0. The summed E-state index contributed by atoms with van der Waals surface area (Å²) in [6.45, 7) is 2.31. The Kier molecular flexibility index (Phi) is 8.82. The quantitative estimate of drug-likeness (QED) is 0.421. The Morgan fingerprint density at radius 3 is 2.12 bits per heavy atom. The molecule has 3 saturated carbocycles. The summed E-state index contributed by atoms with van der Waals surface area (Å²) in [6.07, 6.45) is 25.7. The number of fused-ring (bicyclic) bond motifs is 1. The van der Waals surface area contributed by atoms with Crippen LogP contribution in [0.2, 0.25) is 0 Å². The molecule has 0 aliphatic heterocycles. The third-order valence-electron chi connectivity index (χ3n) is 8.39. The van der Waals surface area contributed by atoms with E-state index in [0.717, 1.165) is 42.4 Å². The first-order valence-corrected chi connectivity index (χ1v) is 12.5. The van der Waals surface area contributed by atoms with Gasteiger partial charge in [-0.05, 0) is 68.1 Å². The molecule has 0 spiro atoms. The Morgan fingerprint density at radius 2 is 1.35 bits per heavy atom. The molecule has 0 aromatic heterocycles. The van der Waals surface area contributed by atoms with E-state index >= 15 is 0 Å². The fourth-order valence-electron chi connectivity index (χ4n) is 6.87. The zero-order chi connectivity index (χ0) is 18.2. The average molecular weight is 363 g/mol. The standard InChI is InChI=1S/C25H46O/c1-2-3-4-5-6-7-8-10-20-13-15-21(16-14-20)24-12-9-11-22-19-23(26)17-18-25(22)24/h20-26H,2-19H2,1H3. The molecule has 26 heavy (non-hydrogen) atoms. The third-order valence-corrected chi connectivity index (χ3v) is 8.39. The second-order valence-electron chi connectivity index (χ2n) is 10.2. The van der Waals surface area contributed by atoms with E-state index < -0.39 is 0 Å². The van der Waals surface area contributed by atoms with Gasteiger partial charge in [0.1, 0.15) is 0 Å². The smallest absolute Gasteiger partial charge is 0.0543 e. The first-order chi connectivity index (χ1) is 12.8. The molecule has 0 radical (unpaired) electrons. The second kappa shape index (κ2) is 11.1. The molecule has 4 unspecified atom stereocenters. The van der Waals surface area contributed by atoms with Crippen molar-refractivity contribution < 1.29 is 5.11 Å². The maximum absolute atomic E-state index is 10.0. The summed E-state index contributed by atoms with van der Waals surface area (Å²) >= 11 is 0. The molecular weight excluding hydrogens is 316 g/mol. The Balaban J connectivity index is 1.32. The molecule has 1 N–H and O–H groups in total. The highest BCUT2D eigenvalue weighted by Gasteiger charge is 2.41. The molecule has 3 fully saturated rings. The molecule has 0 heterocycles. The van der Waals surface area contributed by atoms with Gasteiger partial charge in [-0.1, -0.05) is 84.0 Å². The highest BCUT2D eigenvalue weighted by molar-refractivity contribution is 4.91. The number of aliphatic hydroxyl groups is 1. The van der Waals surface area contributed by atoms with Crippen LogP contribution in [0.5, 0.6) is 0 Å². The van der Waals surface area contributed by atoms with Crippen LogP contribution in [0.1, 0.15) is 122 Å². The van der Waals surface area contributed by atoms with Gasteiger partial charge in [-0.25, -0.2) is 0 Å². The van der Waals surface area contributed by atoms with Crippen LogP contribution in [-0.2, 0) is 0 Å². The van der Waals surface area contributed by atoms with E-state index in [0.29, 0.717) is 0 Å². The van der Waals surface area contributed by atoms with E-state index in [4.69, 9.17) is 0 Å². The van der Waals surface area contributed by atoms with Crippen LogP contribution in [0.25, 0.3) is 0 Å². The van der Waals surface area contributed by atoms with Gasteiger partial charge in [-0.2, -0.15) is 0 Å². The maximum Gasteiger partial charge on any atom is 0.0543 e. The Labute approximate surface area is 163 Å². The van der Waals surface area contributed by atoms with E-state index in [1.165, 1.54) is 103 Å². The van der Waals surface area contributed by atoms with E-state index in [2.05, 4.69) is 6.92 Å². The predicted octanol–water partition coefficient (Wildman–Crippen LogP) is 7.51. The summed E-state index contributed by atoms with van der Waals surface area (Å²) in [7, 11) is 0. The predicted molar refractivity (Wildman–Crippen MR) is 112 cm³/mol. The average Bonchev–Trinajstić information content (AvgIpc) is 2.67. The van der Waals surface area contributed by atoms with Gasteiger partial charge in [0.2, 0.25) is 0 Å². The van der Waals surface area contributed by atoms with Crippen molar-refractivity contribution in [3.63, 3.8) is 0 Å². The SMILES string of the molecule is CCCCCCCCCC1CCC(C2CCCC3CC(O)CCC32)CC1. The fraction of sp³-hybridized carbons (Fsp3) is 1.00. The van der Waals surface area contributed by atoms with Crippen molar-refractivity contribution in [2.75, 3.05) is 0 Å². The highest BCUT2D eigenvalue weighted by atomic mass is 16.3. The number of hydrogen-bond acceptors (Lipinski definition) is 1. The van der Waals surface area contributed by atoms with Crippen LogP contribution < -0.4 is 0 Å². The van der Waals surface area contributed by atoms with Gasteiger partial charge in [-0.15, -0.1) is 0 Å². The number of rotatable bonds is 9. The van der Waals surface area contributed by atoms with Gasteiger partial charge in [-0.3, -0.25) is 0 Å². The van der Waals surface area contributed by atoms with E-state index in [-0.39, 0.29) is 6.10 Å². The summed E-state index contributed by atoms with van der Waals surface area (Å²) < 4.78 is 0. The Hall–Kier alpha value is -0.0400. The molecule has 0 saturated heterocycles. The largest absolute Gasteiger partial charge is 0.393 e. The van der Waals surface area contributed by atoms with Crippen molar-refractivity contribution in [2.24, 2.45) is 29.6 Å². The number of unbranched alkanes of at least 4 members (excludes halogenated alkanes) is 6. The van der Waals surface area contributed by atoms with Crippen molar-refractivity contribution in [2.45, 2.75) is 129 Å². The molecule has 0 aromatic carbocycles. The zero-order valence-electron chi connectivity index (χ0n) is 17.6. The monoisotopic (exact) mass is 362 g/mol. The molecular formula is C25H46O. The van der Waals surface area contributed by atoms with Crippen molar-refractivity contribution >= 4 is 0 Å². The zero-order valence-corrected chi connectivity index (χ0v) is 17.6. The van der Waals surface area contributed by atoms with Gasteiger partial charge >= 0.3 is 0 Å². The van der Waals surface area contributed by atoms with Crippen molar-refractivity contribution in [1.29, 1.82) is 0 Å². The van der Waals surface area contributed by atoms with Gasteiger partial charge in [0.15, 0.2) is 0 Å². The van der Waals surface area contributed by atoms with E-state index in [1.54, 1.807) is 0 Å². The molecule has 0 aromatic rings. The van der Waals surface area contributed by atoms with Crippen LogP contribution in [0.15, 0.2) is 0 Å². The molecule has 0 bridgehead atoms. The van der Waals surface area contributed by atoms with Crippen LogP contribution in [0.4, 0.5) is 0 Å². The topological polar surface area (TPSA) is 20.2 Å².